The first-order chi connectivity index (χ1) is 8.72. The summed E-state index contributed by atoms with van der Waals surface area (Å²) < 4.78 is 13.8. The molecule has 0 spiro atoms. The van der Waals surface area contributed by atoms with Crippen molar-refractivity contribution >= 4 is 0 Å². The zero-order valence-electron chi connectivity index (χ0n) is 11.0. The van der Waals surface area contributed by atoms with Gasteiger partial charge in [-0.15, -0.1) is 0 Å². The molecule has 2 heterocycles. The molecule has 2 aliphatic rings. The molecule has 2 fully saturated rings. The molecule has 3 rings (SSSR count). The predicted octanol–water partition coefficient (Wildman–Crippen LogP) is 2.32. The van der Waals surface area contributed by atoms with E-state index < -0.39 is 0 Å². The smallest absolute Gasteiger partial charge is 0.127 e. The molecule has 1 N–H and O–H groups in total. The minimum absolute atomic E-state index is 0.0663. The highest BCUT2D eigenvalue weighted by atomic mass is 19.1. The molecule has 2 aliphatic heterocycles. The summed E-state index contributed by atoms with van der Waals surface area (Å²) in [5.74, 6) is 0.704. The molecule has 0 amide bonds. The van der Waals surface area contributed by atoms with Gasteiger partial charge in [0, 0.05) is 31.2 Å². The second-order valence-electron chi connectivity index (χ2n) is 5.75. The minimum Gasteiger partial charge on any atom is -0.312 e. The van der Waals surface area contributed by atoms with Gasteiger partial charge in [0.1, 0.15) is 5.82 Å². The van der Waals surface area contributed by atoms with Crippen LogP contribution in [0.25, 0.3) is 0 Å². The van der Waals surface area contributed by atoms with Crippen LogP contribution in [0.2, 0.25) is 0 Å². The van der Waals surface area contributed by atoms with Crippen LogP contribution in [0.5, 0.6) is 0 Å². The normalized spacial score (nSPS) is 28.3. The highest BCUT2D eigenvalue weighted by Gasteiger charge is 2.34. The van der Waals surface area contributed by atoms with Gasteiger partial charge in [0.15, 0.2) is 0 Å². The lowest BCUT2D eigenvalue weighted by Crippen LogP contribution is -2.40. The molecule has 18 heavy (non-hydrogen) atoms. The maximum atomic E-state index is 13.8. The standard InChI is InChI=1S/C15H21FN2/c1-11-4-5-14(16)13(7-11)9-18-8-12-3-2-6-17-15(12)10-18/h4-5,7,12,15,17H,2-3,6,8-10H2,1H3/t12-,15+/m0/s1. The van der Waals surface area contributed by atoms with Crippen LogP contribution in [-0.2, 0) is 6.54 Å². The van der Waals surface area contributed by atoms with Crippen molar-refractivity contribution in [1.29, 1.82) is 0 Å². The summed E-state index contributed by atoms with van der Waals surface area (Å²) in [5, 5.41) is 3.59. The highest BCUT2D eigenvalue weighted by Crippen LogP contribution is 2.26. The van der Waals surface area contributed by atoms with E-state index in [1.54, 1.807) is 6.07 Å². The van der Waals surface area contributed by atoms with Crippen LogP contribution in [0.3, 0.4) is 0 Å². The van der Waals surface area contributed by atoms with Crippen LogP contribution in [0.4, 0.5) is 4.39 Å². The Morgan fingerprint density at radius 2 is 2.28 bits per heavy atom. The summed E-state index contributed by atoms with van der Waals surface area (Å²) in [7, 11) is 0. The molecule has 2 atom stereocenters. The van der Waals surface area contributed by atoms with Crippen LogP contribution >= 0.6 is 0 Å². The van der Waals surface area contributed by atoms with E-state index in [2.05, 4.69) is 10.2 Å². The van der Waals surface area contributed by atoms with Crippen molar-refractivity contribution in [1.82, 2.24) is 10.2 Å². The van der Waals surface area contributed by atoms with Gasteiger partial charge in [-0.1, -0.05) is 17.7 Å². The number of benzene rings is 1. The zero-order valence-corrected chi connectivity index (χ0v) is 11.0. The topological polar surface area (TPSA) is 15.3 Å². The highest BCUT2D eigenvalue weighted by molar-refractivity contribution is 5.24. The van der Waals surface area contributed by atoms with E-state index >= 15 is 0 Å². The Morgan fingerprint density at radius 1 is 1.39 bits per heavy atom. The Balaban J connectivity index is 1.68. The van der Waals surface area contributed by atoms with Crippen LogP contribution in [-0.4, -0.2) is 30.6 Å². The predicted molar refractivity (Wildman–Crippen MR) is 70.9 cm³/mol. The average Bonchev–Trinajstić information content (AvgIpc) is 2.76. The van der Waals surface area contributed by atoms with Gasteiger partial charge in [-0.05, 0) is 38.3 Å². The summed E-state index contributed by atoms with van der Waals surface area (Å²) >= 11 is 0. The molecule has 0 aromatic heterocycles. The van der Waals surface area contributed by atoms with E-state index in [9.17, 15) is 4.39 Å². The van der Waals surface area contributed by atoms with Crippen LogP contribution in [0.15, 0.2) is 18.2 Å². The Bertz CT molecular complexity index is 419. The summed E-state index contributed by atoms with van der Waals surface area (Å²) in [6.07, 6.45) is 2.61. The Labute approximate surface area is 108 Å². The fourth-order valence-corrected chi connectivity index (χ4v) is 3.33. The van der Waals surface area contributed by atoms with Gasteiger partial charge in [-0.2, -0.15) is 0 Å². The number of rotatable bonds is 2. The molecule has 2 saturated heterocycles. The fraction of sp³-hybridized carbons (Fsp3) is 0.600. The molecular weight excluding hydrogens is 227 g/mol. The summed E-state index contributed by atoms with van der Waals surface area (Å²) in [6.45, 7) is 6.10. The molecular formula is C15H21FN2. The van der Waals surface area contributed by atoms with E-state index in [-0.39, 0.29) is 5.82 Å². The molecule has 0 aliphatic carbocycles. The Morgan fingerprint density at radius 3 is 3.11 bits per heavy atom. The van der Waals surface area contributed by atoms with Gasteiger partial charge < -0.3 is 5.32 Å². The molecule has 2 nitrogen and oxygen atoms in total. The van der Waals surface area contributed by atoms with E-state index in [0.29, 0.717) is 6.04 Å². The molecule has 3 heteroatoms. The van der Waals surface area contributed by atoms with E-state index in [0.717, 1.165) is 43.2 Å². The first-order valence-electron chi connectivity index (χ1n) is 6.93. The van der Waals surface area contributed by atoms with Crippen molar-refractivity contribution in [2.45, 2.75) is 32.4 Å². The number of aryl methyl sites for hydroxylation is 1. The summed E-state index contributed by atoms with van der Waals surface area (Å²) in [6, 6.07) is 6.03. The number of nitrogens with one attached hydrogen (secondary N) is 1. The maximum absolute atomic E-state index is 13.8. The summed E-state index contributed by atoms with van der Waals surface area (Å²) in [5.41, 5.74) is 1.98. The van der Waals surface area contributed by atoms with Crippen molar-refractivity contribution in [3.63, 3.8) is 0 Å². The molecule has 1 aromatic carbocycles. The first-order valence-corrected chi connectivity index (χ1v) is 6.93. The number of halogens is 1. The van der Waals surface area contributed by atoms with E-state index in [4.69, 9.17) is 0 Å². The number of hydrogen-bond donors (Lipinski definition) is 1. The third kappa shape index (κ3) is 2.43. The third-order valence-corrected chi connectivity index (χ3v) is 4.27. The van der Waals surface area contributed by atoms with Gasteiger partial charge in [-0.25, -0.2) is 4.39 Å². The van der Waals surface area contributed by atoms with Crippen molar-refractivity contribution < 1.29 is 4.39 Å². The van der Waals surface area contributed by atoms with E-state index in [1.165, 1.54) is 12.8 Å². The monoisotopic (exact) mass is 248 g/mol. The lowest BCUT2D eigenvalue weighted by Gasteiger charge is -2.24. The maximum Gasteiger partial charge on any atom is 0.127 e. The second kappa shape index (κ2) is 4.98. The SMILES string of the molecule is Cc1ccc(F)c(CN2C[C@@H]3CCCN[C@@H]3C2)c1. The zero-order chi connectivity index (χ0) is 12.5. The van der Waals surface area contributed by atoms with Crippen molar-refractivity contribution in [3.05, 3.63) is 35.1 Å². The molecule has 0 radical (unpaired) electrons. The molecule has 0 bridgehead atoms. The van der Waals surface area contributed by atoms with Crippen LogP contribution in [0, 0.1) is 18.7 Å². The third-order valence-electron chi connectivity index (χ3n) is 4.27. The number of nitrogens with zero attached hydrogens (tertiary/aromatic N) is 1. The van der Waals surface area contributed by atoms with Gasteiger partial charge in [0.05, 0.1) is 0 Å². The molecule has 0 unspecified atom stereocenters. The Kier molecular flexibility index (Phi) is 3.35. The Hall–Kier alpha value is -0.930. The second-order valence-corrected chi connectivity index (χ2v) is 5.75. The molecule has 98 valence electrons. The first kappa shape index (κ1) is 12.1. The van der Waals surface area contributed by atoms with E-state index in [1.807, 2.05) is 19.1 Å². The van der Waals surface area contributed by atoms with Crippen molar-refractivity contribution in [2.24, 2.45) is 5.92 Å². The lowest BCUT2D eigenvalue weighted by molar-refractivity contribution is 0.308. The quantitative estimate of drug-likeness (QED) is 0.864. The minimum atomic E-state index is -0.0663. The van der Waals surface area contributed by atoms with Crippen molar-refractivity contribution in [3.8, 4) is 0 Å². The van der Waals surface area contributed by atoms with Crippen molar-refractivity contribution in [2.75, 3.05) is 19.6 Å². The van der Waals surface area contributed by atoms with Gasteiger partial charge in [0.2, 0.25) is 0 Å². The fourth-order valence-electron chi connectivity index (χ4n) is 3.33. The molecule has 0 saturated carbocycles. The lowest BCUT2D eigenvalue weighted by atomic mass is 9.94. The molecule has 1 aromatic rings. The number of fused-ring (bicyclic) bond motifs is 1. The number of piperidine rings is 1. The average molecular weight is 248 g/mol. The summed E-state index contributed by atoms with van der Waals surface area (Å²) in [4.78, 5) is 2.39. The van der Waals surface area contributed by atoms with Crippen LogP contribution < -0.4 is 5.32 Å². The van der Waals surface area contributed by atoms with Gasteiger partial charge in [-0.3, -0.25) is 4.90 Å². The van der Waals surface area contributed by atoms with Gasteiger partial charge in [0.25, 0.3) is 0 Å². The van der Waals surface area contributed by atoms with Gasteiger partial charge >= 0.3 is 0 Å². The largest absolute Gasteiger partial charge is 0.312 e. The number of likely N-dealkylation sites (tertiary alicyclic amines) is 1. The van der Waals surface area contributed by atoms with Crippen LogP contribution in [0.1, 0.15) is 24.0 Å². The number of hydrogen-bond acceptors (Lipinski definition) is 2.